The van der Waals surface area contributed by atoms with E-state index < -0.39 is 0 Å². The van der Waals surface area contributed by atoms with Crippen LogP contribution in [0.25, 0.3) is 10.8 Å². The van der Waals surface area contributed by atoms with Gasteiger partial charge in [0.2, 0.25) is 5.91 Å². The first kappa shape index (κ1) is 21.1. The van der Waals surface area contributed by atoms with Crippen LogP contribution in [0.2, 0.25) is 0 Å². The number of methoxy groups -OCH3 is 1. The highest BCUT2D eigenvalue weighted by Crippen LogP contribution is 2.22. The molecule has 0 saturated heterocycles. The highest BCUT2D eigenvalue weighted by molar-refractivity contribution is 5.84. The van der Waals surface area contributed by atoms with E-state index in [1.54, 1.807) is 32.9 Å². The molecule has 3 aromatic rings. The zero-order valence-electron chi connectivity index (χ0n) is 17.7. The van der Waals surface area contributed by atoms with E-state index in [-0.39, 0.29) is 17.0 Å². The van der Waals surface area contributed by atoms with Gasteiger partial charge in [0, 0.05) is 25.7 Å². The van der Waals surface area contributed by atoms with Crippen molar-refractivity contribution in [1.29, 1.82) is 5.26 Å². The van der Waals surface area contributed by atoms with Crippen LogP contribution in [-0.4, -0.2) is 29.9 Å². The number of hydrogen-bond donors (Lipinski definition) is 1. The van der Waals surface area contributed by atoms with Gasteiger partial charge in [0.1, 0.15) is 17.4 Å². The van der Waals surface area contributed by atoms with Crippen molar-refractivity contribution in [1.82, 2.24) is 9.88 Å². The first-order valence-corrected chi connectivity index (χ1v) is 9.77. The number of carbonyl (C=O) groups excluding carboxylic acids is 1. The van der Waals surface area contributed by atoms with Crippen molar-refractivity contribution in [2.75, 3.05) is 14.2 Å². The zero-order chi connectivity index (χ0) is 21.8. The normalized spacial score (nSPS) is 10.6. The summed E-state index contributed by atoms with van der Waals surface area (Å²) in [6, 6.07) is 14.0. The highest BCUT2D eigenvalue weighted by Gasteiger charge is 2.15. The van der Waals surface area contributed by atoms with Crippen LogP contribution in [0.3, 0.4) is 0 Å². The monoisotopic (exact) mass is 403 g/mol. The zero-order valence-corrected chi connectivity index (χ0v) is 17.7. The minimum atomic E-state index is -0.381. The van der Waals surface area contributed by atoms with Crippen LogP contribution in [0.1, 0.15) is 34.4 Å². The van der Waals surface area contributed by atoms with Crippen LogP contribution in [0.15, 0.2) is 41.2 Å². The Labute approximate surface area is 175 Å². The number of hydrogen-bond acceptors (Lipinski definition) is 4. The summed E-state index contributed by atoms with van der Waals surface area (Å²) in [4.78, 5) is 29.0. The third-order valence-corrected chi connectivity index (χ3v) is 5.47. The molecule has 0 atom stereocenters. The Hall–Kier alpha value is -3.59. The molecule has 0 aliphatic rings. The van der Waals surface area contributed by atoms with E-state index in [0.29, 0.717) is 30.6 Å². The van der Waals surface area contributed by atoms with E-state index in [4.69, 9.17) is 4.74 Å². The van der Waals surface area contributed by atoms with Crippen molar-refractivity contribution in [3.8, 4) is 11.8 Å². The van der Waals surface area contributed by atoms with Gasteiger partial charge in [-0.25, -0.2) is 0 Å². The van der Waals surface area contributed by atoms with E-state index in [2.05, 4.69) is 11.1 Å². The fourth-order valence-electron chi connectivity index (χ4n) is 3.70. The van der Waals surface area contributed by atoms with Gasteiger partial charge in [-0.2, -0.15) is 5.26 Å². The lowest BCUT2D eigenvalue weighted by molar-refractivity contribution is -0.130. The van der Waals surface area contributed by atoms with Crippen LogP contribution in [0.5, 0.6) is 5.75 Å². The van der Waals surface area contributed by atoms with Crippen molar-refractivity contribution in [2.45, 2.75) is 33.2 Å². The maximum absolute atomic E-state index is 12.7. The van der Waals surface area contributed by atoms with Gasteiger partial charge in [-0.15, -0.1) is 0 Å². The molecule has 0 aliphatic heterocycles. The number of ether oxygens (including phenoxy) is 1. The molecule has 0 radical (unpaired) electrons. The first-order valence-electron chi connectivity index (χ1n) is 9.77. The summed E-state index contributed by atoms with van der Waals surface area (Å²) in [7, 11) is 3.43. The number of fused-ring (bicyclic) bond motifs is 1. The lowest BCUT2D eigenvalue weighted by atomic mass is 9.99. The van der Waals surface area contributed by atoms with Crippen LogP contribution < -0.4 is 10.3 Å². The van der Waals surface area contributed by atoms with E-state index in [1.807, 2.05) is 36.4 Å². The third kappa shape index (κ3) is 4.36. The van der Waals surface area contributed by atoms with Gasteiger partial charge in [-0.1, -0.05) is 18.2 Å². The summed E-state index contributed by atoms with van der Waals surface area (Å²) >= 11 is 0. The molecule has 0 spiro atoms. The lowest BCUT2D eigenvalue weighted by Gasteiger charge is -2.18. The van der Waals surface area contributed by atoms with E-state index >= 15 is 0 Å². The van der Waals surface area contributed by atoms with Gasteiger partial charge in [-0.3, -0.25) is 9.59 Å². The van der Waals surface area contributed by atoms with Crippen molar-refractivity contribution in [3.63, 3.8) is 0 Å². The number of H-pyrrole nitrogens is 1. The number of carbonyl (C=O) groups is 1. The van der Waals surface area contributed by atoms with Gasteiger partial charge in [-0.05, 0) is 65.9 Å². The van der Waals surface area contributed by atoms with Gasteiger partial charge < -0.3 is 14.6 Å². The molecule has 30 heavy (non-hydrogen) atoms. The van der Waals surface area contributed by atoms with Gasteiger partial charge in [0.25, 0.3) is 5.56 Å². The predicted molar refractivity (Wildman–Crippen MR) is 117 cm³/mol. The quantitative estimate of drug-likeness (QED) is 0.681. The van der Waals surface area contributed by atoms with Crippen molar-refractivity contribution in [2.24, 2.45) is 0 Å². The molecule has 1 N–H and O–H groups in total. The summed E-state index contributed by atoms with van der Waals surface area (Å²) in [5.74, 6) is 0.822. The van der Waals surface area contributed by atoms with Crippen molar-refractivity contribution in [3.05, 3.63) is 74.7 Å². The highest BCUT2D eigenvalue weighted by atomic mass is 16.5. The lowest BCUT2D eigenvalue weighted by Crippen LogP contribution is -2.27. The SMILES string of the molecule is COc1ccc2cc(CN(C)C(=O)CCc3c(C)[nH]c(=O)c(C#N)c3C)ccc2c1. The second-order valence-electron chi connectivity index (χ2n) is 7.47. The summed E-state index contributed by atoms with van der Waals surface area (Å²) in [6.45, 7) is 4.06. The van der Waals surface area contributed by atoms with Crippen molar-refractivity contribution < 1.29 is 9.53 Å². The van der Waals surface area contributed by atoms with E-state index in [0.717, 1.165) is 27.6 Å². The molecule has 0 fully saturated rings. The molecule has 1 amide bonds. The number of nitriles is 1. The molecule has 0 unspecified atom stereocenters. The summed E-state index contributed by atoms with van der Waals surface area (Å²) in [5.41, 5.74) is 2.99. The standard InChI is InChI=1S/C24H25N3O3/c1-15-21(16(2)26-24(29)22(15)13-25)9-10-23(28)27(3)14-17-5-6-19-12-20(30-4)8-7-18(19)11-17/h5-8,11-12H,9-10,14H2,1-4H3,(H,26,29). The number of benzene rings is 2. The minimum absolute atomic E-state index is 0.00772. The molecule has 0 saturated carbocycles. The average Bonchev–Trinajstić information content (AvgIpc) is 2.73. The number of pyridine rings is 1. The van der Waals surface area contributed by atoms with Crippen LogP contribution >= 0.6 is 0 Å². The van der Waals surface area contributed by atoms with E-state index in [9.17, 15) is 14.9 Å². The smallest absolute Gasteiger partial charge is 0.266 e. The molecule has 1 aromatic heterocycles. The molecule has 6 nitrogen and oxygen atoms in total. The van der Waals surface area contributed by atoms with Crippen LogP contribution in [-0.2, 0) is 17.8 Å². The van der Waals surface area contributed by atoms with Crippen LogP contribution in [0.4, 0.5) is 0 Å². The minimum Gasteiger partial charge on any atom is -0.497 e. The number of aromatic amines is 1. The molecule has 1 heterocycles. The average molecular weight is 403 g/mol. The Bertz CT molecular complexity index is 1200. The maximum atomic E-state index is 12.7. The van der Waals surface area contributed by atoms with Gasteiger partial charge in [0.05, 0.1) is 7.11 Å². The van der Waals surface area contributed by atoms with Crippen LogP contribution in [0, 0.1) is 25.2 Å². The molecule has 2 aromatic carbocycles. The number of aromatic nitrogens is 1. The molecule has 3 rings (SSSR count). The summed E-state index contributed by atoms with van der Waals surface area (Å²) in [5, 5.41) is 11.4. The number of rotatable bonds is 6. The third-order valence-electron chi connectivity index (χ3n) is 5.47. The fourth-order valence-corrected chi connectivity index (χ4v) is 3.70. The largest absolute Gasteiger partial charge is 0.497 e. The maximum Gasteiger partial charge on any atom is 0.266 e. The van der Waals surface area contributed by atoms with Gasteiger partial charge >= 0.3 is 0 Å². The Morgan fingerprint density at radius 2 is 1.87 bits per heavy atom. The molecule has 154 valence electrons. The predicted octanol–water partition coefficient (Wildman–Crippen LogP) is 3.62. The van der Waals surface area contributed by atoms with E-state index in [1.165, 1.54) is 0 Å². The number of nitrogens with zero attached hydrogens (tertiary/aromatic N) is 2. The summed E-state index contributed by atoms with van der Waals surface area (Å²) in [6.07, 6.45) is 0.781. The first-order chi connectivity index (χ1) is 14.3. The second kappa shape index (κ2) is 8.83. The Kier molecular flexibility index (Phi) is 6.22. The van der Waals surface area contributed by atoms with Crippen molar-refractivity contribution >= 4 is 16.7 Å². The second-order valence-corrected chi connectivity index (χ2v) is 7.47. The Morgan fingerprint density at radius 1 is 1.17 bits per heavy atom. The number of amides is 1. The molecule has 0 bridgehead atoms. The topological polar surface area (TPSA) is 86.2 Å². The Morgan fingerprint density at radius 3 is 2.57 bits per heavy atom. The number of nitrogens with one attached hydrogen (secondary N) is 1. The molecular weight excluding hydrogens is 378 g/mol. The Balaban J connectivity index is 1.69. The molecule has 0 aliphatic carbocycles. The summed E-state index contributed by atoms with van der Waals surface area (Å²) < 4.78 is 5.26. The molecule has 6 heteroatoms. The number of aryl methyl sites for hydroxylation is 1. The fraction of sp³-hybridized carbons (Fsp3) is 0.292. The van der Waals surface area contributed by atoms with Gasteiger partial charge in [0.15, 0.2) is 0 Å². The molecular formula is C24H25N3O3.